The summed E-state index contributed by atoms with van der Waals surface area (Å²) in [5, 5.41) is 4.42. The largest absolute Gasteiger partial charge is 0.484 e. The number of hydrogen-bond donors (Lipinski definition) is 0. The van der Waals surface area contributed by atoms with Crippen molar-refractivity contribution < 1.29 is 9.53 Å². The third-order valence-electron chi connectivity index (χ3n) is 4.28. The van der Waals surface area contributed by atoms with Gasteiger partial charge in [0.25, 0.3) is 5.91 Å². The zero-order valence-corrected chi connectivity index (χ0v) is 14.8. The summed E-state index contributed by atoms with van der Waals surface area (Å²) in [4.78, 5) is 12.5. The lowest BCUT2D eigenvalue weighted by atomic mass is 10.0. The minimum absolute atomic E-state index is 0.0319. The van der Waals surface area contributed by atoms with Crippen LogP contribution >= 0.6 is 0 Å². The lowest BCUT2D eigenvalue weighted by molar-refractivity contribution is 0.0818. The number of aryl methyl sites for hydroxylation is 2. The second kappa shape index (κ2) is 7.34. The van der Waals surface area contributed by atoms with Crippen LogP contribution in [0.2, 0.25) is 0 Å². The van der Waals surface area contributed by atoms with E-state index in [1.807, 2.05) is 63.2 Å². The predicted molar refractivity (Wildman–Crippen MR) is 98.2 cm³/mol. The molecule has 0 saturated heterocycles. The maximum atomic E-state index is 12.5. The molecular weight excluding hydrogens is 312 g/mol. The van der Waals surface area contributed by atoms with Gasteiger partial charge in [0.2, 0.25) is 0 Å². The van der Waals surface area contributed by atoms with E-state index in [4.69, 9.17) is 4.74 Å². The number of nitrogens with zero attached hydrogens (tertiary/aromatic N) is 2. The molecule has 0 radical (unpaired) electrons. The van der Waals surface area contributed by atoms with E-state index in [9.17, 15) is 4.79 Å². The number of carbonyl (C=O) groups is 1. The highest BCUT2D eigenvalue weighted by Crippen LogP contribution is 2.18. The third-order valence-corrected chi connectivity index (χ3v) is 4.28. The van der Waals surface area contributed by atoms with Gasteiger partial charge >= 0.3 is 0 Å². The van der Waals surface area contributed by atoms with Gasteiger partial charge in [-0.15, -0.1) is 0 Å². The van der Waals surface area contributed by atoms with E-state index in [2.05, 4.69) is 17.2 Å². The van der Waals surface area contributed by atoms with Crippen LogP contribution < -0.4 is 4.74 Å². The van der Waals surface area contributed by atoms with Crippen molar-refractivity contribution in [2.45, 2.75) is 27.2 Å². The summed E-state index contributed by atoms with van der Waals surface area (Å²) in [6, 6.07) is 17.9. The van der Waals surface area contributed by atoms with Crippen molar-refractivity contribution >= 4 is 5.91 Å². The first-order valence-electron chi connectivity index (χ1n) is 8.36. The monoisotopic (exact) mass is 334 g/mol. The lowest BCUT2D eigenvalue weighted by Crippen LogP contribution is -2.21. The SMILES string of the molecule is Cc1ccc(OCC(=O)n2nc(C)c(Cc3ccccc3)c2C)cc1. The van der Waals surface area contributed by atoms with Gasteiger partial charge in [-0.2, -0.15) is 5.10 Å². The number of benzene rings is 2. The van der Waals surface area contributed by atoms with Crippen LogP contribution in [-0.2, 0) is 6.42 Å². The molecule has 0 bridgehead atoms. The van der Waals surface area contributed by atoms with Crippen molar-refractivity contribution in [1.29, 1.82) is 0 Å². The van der Waals surface area contributed by atoms with Crippen LogP contribution in [0.1, 0.15) is 32.9 Å². The Bertz CT molecular complexity index is 865. The molecule has 4 nitrogen and oxygen atoms in total. The van der Waals surface area contributed by atoms with E-state index in [1.165, 1.54) is 10.2 Å². The Labute approximate surface area is 148 Å². The Morgan fingerprint density at radius 2 is 1.68 bits per heavy atom. The smallest absolute Gasteiger partial charge is 0.284 e. The maximum absolute atomic E-state index is 12.5. The zero-order valence-electron chi connectivity index (χ0n) is 14.8. The third kappa shape index (κ3) is 3.97. The topological polar surface area (TPSA) is 44.1 Å². The normalized spacial score (nSPS) is 10.7. The molecule has 1 heterocycles. The maximum Gasteiger partial charge on any atom is 0.284 e. The lowest BCUT2D eigenvalue weighted by Gasteiger charge is -2.07. The average molecular weight is 334 g/mol. The number of ether oxygens (including phenoxy) is 1. The second-order valence-electron chi connectivity index (χ2n) is 6.22. The van der Waals surface area contributed by atoms with Crippen LogP contribution in [0.4, 0.5) is 0 Å². The molecular formula is C21H22N2O2. The quantitative estimate of drug-likeness (QED) is 0.705. The Hall–Kier alpha value is -2.88. The van der Waals surface area contributed by atoms with Gasteiger partial charge in [-0.05, 0) is 38.5 Å². The summed E-state index contributed by atoms with van der Waals surface area (Å²) in [6.45, 7) is 5.85. The predicted octanol–water partition coefficient (Wildman–Crippen LogP) is 4.12. The minimum atomic E-state index is -0.166. The summed E-state index contributed by atoms with van der Waals surface area (Å²) in [5.74, 6) is 0.519. The molecule has 3 rings (SSSR count). The van der Waals surface area contributed by atoms with E-state index in [1.54, 1.807) is 0 Å². The van der Waals surface area contributed by atoms with Gasteiger partial charge in [0.05, 0.1) is 5.69 Å². The fourth-order valence-electron chi connectivity index (χ4n) is 2.81. The Kier molecular flexibility index (Phi) is 4.98. The molecule has 0 N–H and O–H groups in total. The molecule has 0 atom stereocenters. The van der Waals surface area contributed by atoms with Gasteiger partial charge in [-0.25, -0.2) is 4.68 Å². The molecule has 1 aromatic heterocycles. The highest BCUT2D eigenvalue weighted by Gasteiger charge is 2.17. The standard InChI is InChI=1S/C21H22N2O2/c1-15-9-11-19(12-10-15)25-14-21(24)23-17(3)20(16(2)22-23)13-18-7-5-4-6-8-18/h4-12H,13-14H2,1-3H3. The van der Waals surface area contributed by atoms with Crippen molar-refractivity contribution in [3.05, 3.63) is 82.7 Å². The van der Waals surface area contributed by atoms with Gasteiger partial charge in [-0.3, -0.25) is 4.79 Å². The summed E-state index contributed by atoms with van der Waals surface area (Å²) in [6.07, 6.45) is 0.768. The highest BCUT2D eigenvalue weighted by atomic mass is 16.5. The molecule has 0 unspecified atom stereocenters. The van der Waals surface area contributed by atoms with Crippen LogP contribution in [0.5, 0.6) is 5.75 Å². The highest BCUT2D eigenvalue weighted by molar-refractivity contribution is 5.80. The Morgan fingerprint density at radius 3 is 2.36 bits per heavy atom. The fourth-order valence-corrected chi connectivity index (χ4v) is 2.81. The molecule has 128 valence electrons. The fraction of sp³-hybridized carbons (Fsp3) is 0.238. The average Bonchev–Trinajstić information content (AvgIpc) is 2.90. The van der Waals surface area contributed by atoms with E-state index in [-0.39, 0.29) is 12.5 Å². The van der Waals surface area contributed by atoms with Crippen LogP contribution in [0, 0.1) is 20.8 Å². The van der Waals surface area contributed by atoms with Gasteiger partial charge in [0, 0.05) is 17.7 Å². The van der Waals surface area contributed by atoms with E-state index in [0.29, 0.717) is 5.75 Å². The van der Waals surface area contributed by atoms with Crippen LogP contribution in [0.25, 0.3) is 0 Å². The van der Waals surface area contributed by atoms with E-state index >= 15 is 0 Å². The molecule has 3 aromatic rings. The van der Waals surface area contributed by atoms with E-state index < -0.39 is 0 Å². The molecule has 0 saturated carbocycles. The first-order chi connectivity index (χ1) is 12.0. The van der Waals surface area contributed by atoms with Crippen molar-refractivity contribution in [2.75, 3.05) is 6.61 Å². The first-order valence-corrected chi connectivity index (χ1v) is 8.36. The summed E-state index contributed by atoms with van der Waals surface area (Å²) in [5.41, 5.74) is 5.21. The van der Waals surface area contributed by atoms with Gasteiger partial charge < -0.3 is 4.74 Å². The van der Waals surface area contributed by atoms with Gasteiger partial charge in [-0.1, -0.05) is 48.0 Å². The first kappa shape index (κ1) is 17.0. The molecule has 0 amide bonds. The van der Waals surface area contributed by atoms with Gasteiger partial charge in [0.15, 0.2) is 6.61 Å². The second-order valence-corrected chi connectivity index (χ2v) is 6.22. The summed E-state index contributed by atoms with van der Waals surface area (Å²) < 4.78 is 7.05. The van der Waals surface area contributed by atoms with Crippen molar-refractivity contribution in [3.63, 3.8) is 0 Å². The molecule has 0 aliphatic heterocycles. The van der Waals surface area contributed by atoms with Crippen molar-refractivity contribution in [2.24, 2.45) is 0 Å². The zero-order chi connectivity index (χ0) is 17.8. The summed E-state index contributed by atoms with van der Waals surface area (Å²) in [7, 11) is 0. The number of rotatable bonds is 5. The minimum Gasteiger partial charge on any atom is -0.484 e. The molecule has 0 fully saturated rings. The molecule has 0 aliphatic carbocycles. The molecule has 4 heteroatoms. The Balaban J connectivity index is 1.72. The number of hydrogen-bond acceptors (Lipinski definition) is 3. The molecule has 25 heavy (non-hydrogen) atoms. The number of carbonyl (C=O) groups excluding carboxylic acids is 1. The van der Waals surface area contributed by atoms with Crippen molar-refractivity contribution in [3.8, 4) is 5.75 Å². The molecule has 2 aromatic carbocycles. The van der Waals surface area contributed by atoms with Crippen LogP contribution in [-0.4, -0.2) is 22.3 Å². The van der Waals surface area contributed by atoms with Gasteiger partial charge in [0.1, 0.15) is 5.75 Å². The van der Waals surface area contributed by atoms with Crippen LogP contribution in [0.3, 0.4) is 0 Å². The van der Waals surface area contributed by atoms with Crippen LogP contribution in [0.15, 0.2) is 54.6 Å². The molecule has 0 aliphatic rings. The Morgan fingerprint density at radius 1 is 1.00 bits per heavy atom. The number of aromatic nitrogens is 2. The molecule has 0 spiro atoms. The summed E-state index contributed by atoms with van der Waals surface area (Å²) >= 11 is 0. The van der Waals surface area contributed by atoms with E-state index in [0.717, 1.165) is 28.9 Å². The van der Waals surface area contributed by atoms with Crippen molar-refractivity contribution in [1.82, 2.24) is 9.78 Å².